The molecule has 0 aliphatic rings. The van der Waals surface area contributed by atoms with E-state index in [1.807, 2.05) is 0 Å². The van der Waals surface area contributed by atoms with Crippen LogP contribution in [0.4, 0.5) is 8.78 Å². The molecule has 0 N–H and O–H groups in total. The lowest BCUT2D eigenvalue weighted by Crippen LogP contribution is -2.17. The van der Waals surface area contributed by atoms with Gasteiger partial charge in [0.25, 0.3) is 0 Å². The van der Waals surface area contributed by atoms with Gasteiger partial charge in [-0.05, 0) is 30.4 Å². The third kappa shape index (κ3) is 4.34. The fourth-order valence-electron chi connectivity index (χ4n) is 2.19. The molecule has 0 aliphatic heterocycles. The Hall–Kier alpha value is -0.440. The van der Waals surface area contributed by atoms with Gasteiger partial charge in [0, 0.05) is 4.83 Å². The Morgan fingerprint density at radius 3 is 2.56 bits per heavy atom. The fourth-order valence-corrected chi connectivity index (χ4v) is 3.18. The fraction of sp³-hybridized carbons (Fsp3) is 0.600. The first kappa shape index (κ1) is 15.6. The number of halogens is 3. The molecular weight excluding hydrogens is 298 g/mol. The summed E-state index contributed by atoms with van der Waals surface area (Å²) in [6, 6.07) is 4.40. The minimum absolute atomic E-state index is 0.213. The molecule has 1 aromatic rings. The van der Waals surface area contributed by atoms with Crippen molar-refractivity contribution in [3.63, 3.8) is 0 Å². The molecule has 0 aliphatic carbocycles. The summed E-state index contributed by atoms with van der Waals surface area (Å²) < 4.78 is 26.7. The molecule has 1 aromatic carbocycles. The van der Waals surface area contributed by atoms with Gasteiger partial charge in [0.1, 0.15) is 0 Å². The third-order valence-corrected chi connectivity index (χ3v) is 4.48. The Morgan fingerprint density at radius 2 is 1.94 bits per heavy atom. The van der Waals surface area contributed by atoms with E-state index in [9.17, 15) is 8.78 Å². The van der Waals surface area contributed by atoms with Crippen molar-refractivity contribution in [1.82, 2.24) is 0 Å². The molecule has 0 bridgehead atoms. The van der Waals surface area contributed by atoms with Crippen LogP contribution in [0.2, 0.25) is 0 Å². The van der Waals surface area contributed by atoms with E-state index >= 15 is 0 Å². The quantitative estimate of drug-likeness (QED) is 0.583. The number of alkyl halides is 1. The Bertz CT molecular complexity index is 366. The second-order valence-corrected chi connectivity index (χ2v) is 5.92. The Labute approximate surface area is 117 Å². The largest absolute Gasteiger partial charge is 0.204 e. The van der Waals surface area contributed by atoms with Crippen LogP contribution in [0.3, 0.4) is 0 Å². The van der Waals surface area contributed by atoms with Gasteiger partial charge in [-0.15, -0.1) is 0 Å². The van der Waals surface area contributed by atoms with Crippen molar-refractivity contribution in [2.45, 2.75) is 50.8 Å². The molecule has 0 fully saturated rings. The van der Waals surface area contributed by atoms with Crippen LogP contribution in [0, 0.1) is 17.6 Å². The lowest BCUT2D eigenvalue weighted by atomic mass is 9.92. The summed E-state index contributed by atoms with van der Waals surface area (Å²) in [6.07, 6.45) is 5.11. The van der Waals surface area contributed by atoms with E-state index in [0.717, 1.165) is 18.9 Å². The van der Waals surface area contributed by atoms with Gasteiger partial charge in [-0.2, -0.15) is 0 Å². The molecule has 0 saturated heterocycles. The van der Waals surface area contributed by atoms with Crippen molar-refractivity contribution >= 4 is 15.9 Å². The van der Waals surface area contributed by atoms with Gasteiger partial charge in [0.05, 0.1) is 0 Å². The van der Waals surface area contributed by atoms with Crippen LogP contribution >= 0.6 is 15.9 Å². The molecule has 0 aromatic heterocycles. The van der Waals surface area contributed by atoms with Crippen molar-refractivity contribution in [3.8, 4) is 0 Å². The number of unbranched alkanes of at least 4 members (excludes halogenated alkanes) is 1. The molecule has 0 heterocycles. The Morgan fingerprint density at radius 1 is 1.22 bits per heavy atom. The van der Waals surface area contributed by atoms with Gasteiger partial charge in [0.15, 0.2) is 11.6 Å². The highest BCUT2D eigenvalue weighted by Gasteiger charge is 2.19. The van der Waals surface area contributed by atoms with Gasteiger partial charge in [-0.3, -0.25) is 0 Å². The maximum absolute atomic E-state index is 13.6. The van der Waals surface area contributed by atoms with Crippen molar-refractivity contribution in [2.24, 2.45) is 5.92 Å². The average Bonchev–Trinajstić information content (AvgIpc) is 2.36. The van der Waals surface area contributed by atoms with Gasteiger partial charge in [0.2, 0.25) is 0 Å². The maximum atomic E-state index is 13.6. The highest BCUT2D eigenvalue weighted by atomic mass is 79.9. The number of benzene rings is 1. The second kappa shape index (κ2) is 7.88. The normalized spacial score (nSPS) is 14.5. The third-order valence-electron chi connectivity index (χ3n) is 3.41. The molecule has 2 unspecified atom stereocenters. The summed E-state index contributed by atoms with van der Waals surface area (Å²) in [5, 5.41) is 0. The molecule has 0 nitrogen and oxygen atoms in total. The minimum Gasteiger partial charge on any atom is -0.204 e. The molecule has 18 heavy (non-hydrogen) atoms. The van der Waals surface area contributed by atoms with Gasteiger partial charge >= 0.3 is 0 Å². The van der Waals surface area contributed by atoms with Crippen LogP contribution in [0.5, 0.6) is 0 Å². The van der Waals surface area contributed by atoms with Crippen LogP contribution in [0.1, 0.15) is 45.1 Å². The molecule has 0 radical (unpaired) electrons. The lowest BCUT2D eigenvalue weighted by molar-refractivity contribution is 0.430. The number of hydrogen-bond donors (Lipinski definition) is 0. The smallest absolute Gasteiger partial charge is 0.162 e. The highest BCUT2D eigenvalue weighted by Crippen LogP contribution is 2.27. The number of hydrogen-bond acceptors (Lipinski definition) is 0. The molecular formula is C15H21BrF2. The van der Waals surface area contributed by atoms with Crippen LogP contribution in [0.15, 0.2) is 18.2 Å². The average molecular weight is 319 g/mol. The molecule has 0 saturated carbocycles. The van der Waals surface area contributed by atoms with E-state index in [1.165, 1.54) is 12.8 Å². The Balaban J connectivity index is 2.67. The van der Waals surface area contributed by atoms with Crippen LogP contribution < -0.4 is 0 Å². The summed E-state index contributed by atoms with van der Waals surface area (Å²) in [5.74, 6) is -0.936. The zero-order chi connectivity index (χ0) is 13.5. The minimum atomic E-state index is -0.756. The van der Waals surface area contributed by atoms with Crippen LogP contribution in [-0.4, -0.2) is 4.83 Å². The summed E-state index contributed by atoms with van der Waals surface area (Å²) >= 11 is 3.64. The molecule has 102 valence electrons. The van der Waals surface area contributed by atoms with E-state index in [1.54, 1.807) is 12.1 Å². The first-order chi connectivity index (χ1) is 8.60. The van der Waals surface area contributed by atoms with E-state index in [0.29, 0.717) is 17.9 Å². The molecule has 1 rings (SSSR count). The zero-order valence-corrected chi connectivity index (χ0v) is 12.6. The summed E-state index contributed by atoms with van der Waals surface area (Å²) in [5.41, 5.74) is 0.465. The van der Waals surface area contributed by atoms with E-state index in [4.69, 9.17) is 0 Å². The molecule has 3 heteroatoms. The van der Waals surface area contributed by atoms with Crippen molar-refractivity contribution in [3.05, 3.63) is 35.4 Å². The summed E-state index contributed by atoms with van der Waals surface area (Å²) in [4.78, 5) is 0.213. The van der Waals surface area contributed by atoms with E-state index < -0.39 is 11.6 Å². The standard InChI is InChI=1S/C15H21BrF2/c1-3-5-7-11(4-2)13(16)10-12-8-6-9-14(17)15(12)18/h6,8-9,11,13H,3-5,7,10H2,1-2H3. The summed E-state index contributed by atoms with van der Waals surface area (Å²) in [7, 11) is 0. The van der Waals surface area contributed by atoms with Crippen molar-refractivity contribution in [2.75, 3.05) is 0 Å². The van der Waals surface area contributed by atoms with E-state index in [-0.39, 0.29) is 4.83 Å². The number of rotatable bonds is 7. The van der Waals surface area contributed by atoms with Gasteiger partial charge in [-0.1, -0.05) is 61.2 Å². The lowest BCUT2D eigenvalue weighted by Gasteiger charge is -2.21. The van der Waals surface area contributed by atoms with Gasteiger partial charge in [-0.25, -0.2) is 8.78 Å². The summed E-state index contributed by atoms with van der Waals surface area (Å²) in [6.45, 7) is 4.32. The zero-order valence-electron chi connectivity index (χ0n) is 11.1. The predicted molar refractivity (Wildman–Crippen MR) is 76.1 cm³/mol. The highest BCUT2D eigenvalue weighted by molar-refractivity contribution is 9.09. The topological polar surface area (TPSA) is 0 Å². The molecule has 0 spiro atoms. The first-order valence-electron chi connectivity index (χ1n) is 6.67. The second-order valence-electron chi connectivity index (χ2n) is 4.74. The maximum Gasteiger partial charge on any atom is 0.162 e. The van der Waals surface area contributed by atoms with E-state index in [2.05, 4.69) is 29.8 Å². The van der Waals surface area contributed by atoms with Crippen molar-refractivity contribution in [1.29, 1.82) is 0 Å². The Kier molecular flexibility index (Phi) is 6.83. The SMILES string of the molecule is CCCCC(CC)C(Br)Cc1cccc(F)c1F. The molecule has 2 atom stereocenters. The first-order valence-corrected chi connectivity index (χ1v) is 7.58. The van der Waals surface area contributed by atoms with Crippen LogP contribution in [-0.2, 0) is 6.42 Å². The molecule has 0 amide bonds. The van der Waals surface area contributed by atoms with Crippen molar-refractivity contribution < 1.29 is 8.78 Å². The van der Waals surface area contributed by atoms with Crippen LogP contribution in [0.25, 0.3) is 0 Å². The monoisotopic (exact) mass is 318 g/mol. The predicted octanol–water partition coefficient (Wildman–Crippen LogP) is 5.49. The van der Waals surface area contributed by atoms with Gasteiger partial charge < -0.3 is 0 Å².